The van der Waals surface area contributed by atoms with E-state index < -0.39 is 0 Å². The molecule has 0 saturated carbocycles. The van der Waals surface area contributed by atoms with Gasteiger partial charge >= 0.3 is 0 Å². The highest BCUT2D eigenvalue weighted by molar-refractivity contribution is 6.36. The van der Waals surface area contributed by atoms with Gasteiger partial charge in [0.2, 0.25) is 0 Å². The summed E-state index contributed by atoms with van der Waals surface area (Å²) in [4.78, 5) is 0. The normalized spacial score (nSPS) is 11.0. The summed E-state index contributed by atoms with van der Waals surface area (Å²) in [6.07, 6.45) is 1.67. The Bertz CT molecular complexity index is 810. The third kappa shape index (κ3) is 3.92. The van der Waals surface area contributed by atoms with Crippen LogP contribution >= 0.6 is 34.8 Å². The van der Waals surface area contributed by atoms with Crippen LogP contribution in [0.25, 0.3) is 11.6 Å². The lowest BCUT2D eigenvalue weighted by Gasteiger charge is -2.10. The van der Waals surface area contributed by atoms with Crippen LogP contribution in [0.5, 0.6) is 11.5 Å². The molecule has 2 aromatic carbocycles. The smallest absolute Gasteiger partial charge is 0.179 e. The highest BCUT2D eigenvalue weighted by atomic mass is 35.5. The third-order valence-electron chi connectivity index (χ3n) is 3.11. The maximum absolute atomic E-state index is 9.43. The first-order valence-corrected chi connectivity index (χ1v) is 7.62. The molecule has 118 valence electrons. The van der Waals surface area contributed by atoms with E-state index >= 15 is 0 Å². The molecule has 3 nitrogen and oxygen atoms in total. The topological polar surface area (TPSA) is 42.2 Å². The zero-order valence-corrected chi connectivity index (χ0v) is 14.6. The van der Waals surface area contributed by atoms with E-state index in [1.165, 1.54) is 14.2 Å². The molecule has 6 heteroatoms. The number of hydrogen-bond donors (Lipinski definition) is 0. The van der Waals surface area contributed by atoms with Gasteiger partial charge in [-0.1, -0.05) is 40.9 Å². The SMILES string of the molecule is COc1cc(/C=C(\C#N)c2ccc(Cl)cc2Cl)cc(Cl)c1OC. The lowest BCUT2D eigenvalue weighted by molar-refractivity contribution is 0.355. The van der Waals surface area contributed by atoms with E-state index in [4.69, 9.17) is 44.3 Å². The van der Waals surface area contributed by atoms with Crippen LogP contribution in [0.4, 0.5) is 0 Å². The second-order valence-corrected chi connectivity index (χ2v) is 5.78. The van der Waals surface area contributed by atoms with Gasteiger partial charge in [-0.3, -0.25) is 0 Å². The van der Waals surface area contributed by atoms with Crippen LogP contribution in [-0.4, -0.2) is 14.2 Å². The largest absolute Gasteiger partial charge is 0.493 e. The van der Waals surface area contributed by atoms with Gasteiger partial charge in [0, 0.05) is 10.6 Å². The van der Waals surface area contributed by atoms with Gasteiger partial charge in [0.05, 0.1) is 35.9 Å². The monoisotopic (exact) mass is 367 g/mol. The number of methoxy groups -OCH3 is 2. The molecule has 0 aliphatic carbocycles. The van der Waals surface area contributed by atoms with E-state index in [0.717, 1.165) is 0 Å². The minimum Gasteiger partial charge on any atom is -0.493 e. The Labute approximate surface area is 149 Å². The number of ether oxygens (including phenoxy) is 2. The Morgan fingerprint density at radius 1 is 1.04 bits per heavy atom. The molecule has 0 heterocycles. The van der Waals surface area contributed by atoms with E-state index in [9.17, 15) is 5.26 Å². The molecule has 0 fully saturated rings. The number of nitrogens with zero attached hydrogens (tertiary/aromatic N) is 1. The van der Waals surface area contributed by atoms with Crippen molar-refractivity contribution in [2.75, 3.05) is 14.2 Å². The van der Waals surface area contributed by atoms with Crippen molar-refractivity contribution in [2.24, 2.45) is 0 Å². The number of nitriles is 1. The summed E-state index contributed by atoms with van der Waals surface area (Å²) >= 11 is 18.2. The van der Waals surface area contributed by atoms with Crippen LogP contribution in [-0.2, 0) is 0 Å². The van der Waals surface area contributed by atoms with Crippen molar-refractivity contribution < 1.29 is 9.47 Å². The first kappa shape index (κ1) is 17.5. The lowest BCUT2D eigenvalue weighted by Crippen LogP contribution is -1.92. The highest BCUT2D eigenvalue weighted by Gasteiger charge is 2.12. The zero-order valence-electron chi connectivity index (χ0n) is 12.4. The highest BCUT2D eigenvalue weighted by Crippen LogP contribution is 2.37. The summed E-state index contributed by atoms with van der Waals surface area (Å²) in [5.74, 6) is 0.917. The number of benzene rings is 2. The molecule has 0 aliphatic rings. The minimum atomic E-state index is 0.384. The molecule has 2 aromatic rings. The summed E-state index contributed by atoms with van der Waals surface area (Å²) in [5, 5.41) is 10.7. The maximum Gasteiger partial charge on any atom is 0.179 e. The van der Waals surface area contributed by atoms with E-state index in [1.54, 1.807) is 36.4 Å². The van der Waals surface area contributed by atoms with Gasteiger partial charge in [-0.25, -0.2) is 0 Å². The molecule has 0 radical (unpaired) electrons. The molecular formula is C17H12Cl3NO2. The first-order chi connectivity index (χ1) is 11.0. The minimum absolute atomic E-state index is 0.384. The molecule has 0 atom stereocenters. The Hall–Kier alpha value is -1.86. The lowest BCUT2D eigenvalue weighted by atomic mass is 10.0. The van der Waals surface area contributed by atoms with Gasteiger partial charge in [0.15, 0.2) is 11.5 Å². The second-order valence-electron chi connectivity index (χ2n) is 4.53. The van der Waals surface area contributed by atoms with Gasteiger partial charge in [-0.2, -0.15) is 5.26 Å². The summed E-state index contributed by atoms with van der Waals surface area (Å²) in [5.41, 5.74) is 1.66. The van der Waals surface area contributed by atoms with Crippen LogP contribution in [0.1, 0.15) is 11.1 Å². The summed E-state index contributed by atoms with van der Waals surface area (Å²) in [6, 6.07) is 10.5. The van der Waals surface area contributed by atoms with E-state index in [2.05, 4.69) is 6.07 Å². The Kier molecular flexibility index (Phi) is 5.79. The van der Waals surface area contributed by atoms with Crippen molar-refractivity contribution in [1.29, 1.82) is 5.26 Å². The molecule has 0 saturated heterocycles. The van der Waals surface area contributed by atoms with Crippen molar-refractivity contribution >= 4 is 46.5 Å². The van der Waals surface area contributed by atoms with Gasteiger partial charge in [-0.05, 0) is 35.9 Å². The fraction of sp³-hybridized carbons (Fsp3) is 0.118. The number of hydrogen-bond acceptors (Lipinski definition) is 3. The first-order valence-electron chi connectivity index (χ1n) is 6.49. The Morgan fingerprint density at radius 3 is 2.35 bits per heavy atom. The van der Waals surface area contributed by atoms with Crippen molar-refractivity contribution in [2.45, 2.75) is 0 Å². The molecule has 0 aromatic heterocycles. The molecular weight excluding hydrogens is 357 g/mol. The Balaban J connectivity index is 2.54. The standard InChI is InChI=1S/C17H12Cl3NO2/c1-22-16-7-10(6-15(20)17(16)23-2)5-11(9-21)13-4-3-12(18)8-14(13)19/h3-8H,1-2H3/b11-5+. The third-order valence-corrected chi connectivity index (χ3v) is 3.94. The van der Waals surface area contributed by atoms with Crippen molar-refractivity contribution in [3.05, 3.63) is 56.5 Å². The van der Waals surface area contributed by atoms with Gasteiger partial charge in [0.25, 0.3) is 0 Å². The van der Waals surface area contributed by atoms with Crippen LogP contribution in [0.15, 0.2) is 30.3 Å². The Morgan fingerprint density at radius 2 is 1.78 bits per heavy atom. The molecule has 0 bridgehead atoms. The quantitative estimate of drug-likeness (QED) is 0.511. The molecule has 0 N–H and O–H groups in total. The molecule has 0 spiro atoms. The summed E-state index contributed by atoms with van der Waals surface area (Å²) in [6.45, 7) is 0. The fourth-order valence-electron chi connectivity index (χ4n) is 2.07. The second kappa shape index (κ2) is 7.61. The molecule has 0 amide bonds. The number of allylic oxidation sites excluding steroid dienone is 1. The average molecular weight is 369 g/mol. The molecule has 0 unspecified atom stereocenters. The zero-order chi connectivity index (χ0) is 17.0. The van der Waals surface area contributed by atoms with Crippen LogP contribution in [0.3, 0.4) is 0 Å². The summed E-state index contributed by atoms with van der Waals surface area (Å²) in [7, 11) is 3.02. The molecule has 2 rings (SSSR count). The van der Waals surface area contributed by atoms with Crippen molar-refractivity contribution in [3.63, 3.8) is 0 Å². The number of rotatable bonds is 4. The van der Waals surface area contributed by atoms with Crippen molar-refractivity contribution in [3.8, 4) is 17.6 Å². The van der Waals surface area contributed by atoms with Gasteiger partial charge in [0.1, 0.15) is 0 Å². The van der Waals surface area contributed by atoms with Gasteiger partial charge < -0.3 is 9.47 Å². The molecule has 23 heavy (non-hydrogen) atoms. The van der Waals surface area contributed by atoms with Crippen LogP contribution < -0.4 is 9.47 Å². The van der Waals surface area contributed by atoms with Gasteiger partial charge in [-0.15, -0.1) is 0 Å². The van der Waals surface area contributed by atoms with E-state index in [0.29, 0.717) is 43.3 Å². The van der Waals surface area contributed by atoms with E-state index in [-0.39, 0.29) is 0 Å². The predicted octanol–water partition coefficient (Wildman–Crippen LogP) is 5.73. The predicted molar refractivity (Wildman–Crippen MR) is 94.5 cm³/mol. The van der Waals surface area contributed by atoms with Crippen LogP contribution in [0.2, 0.25) is 15.1 Å². The maximum atomic E-state index is 9.43. The molecule has 0 aliphatic heterocycles. The number of halogens is 3. The van der Waals surface area contributed by atoms with Crippen molar-refractivity contribution in [1.82, 2.24) is 0 Å². The fourth-order valence-corrected chi connectivity index (χ4v) is 2.87. The van der Waals surface area contributed by atoms with Crippen LogP contribution in [0, 0.1) is 11.3 Å². The average Bonchev–Trinajstić information content (AvgIpc) is 2.52. The van der Waals surface area contributed by atoms with E-state index in [1.807, 2.05) is 0 Å². The summed E-state index contributed by atoms with van der Waals surface area (Å²) < 4.78 is 10.4.